The zero-order valence-corrected chi connectivity index (χ0v) is 14.9. The van der Waals surface area contributed by atoms with E-state index in [1.165, 1.54) is 22.7 Å². The van der Waals surface area contributed by atoms with Crippen LogP contribution in [0.25, 0.3) is 11.4 Å². The highest BCUT2D eigenvalue weighted by molar-refractivity contribution is 7.14. The summed E-state index contributed by atoms with van der Waals surface area (Å²) in [5.41, 5.74) is 1.22. The molecule has 0 saturated heterocycles. The van der Waals surface area contributed by atoms with Gasteiger partial charge in [0.05, 0.1) is 12.0 Å². The molecular weight excluding hydrogens is 376 g/mol. The summed E-state index contributed by atoms with van der Waals surface area (Å²) in [7, 11) is 0. The Kier molecular flexibility index (Phi) is 5.73. The van der Waals surface area contributed by atoms with Gasteiger partial charge in [-0.2, -0.15) is 21.6 Å². The summed E-state index contributed by atoms with van der Waals surface area (Å²) in [5, 5.41) is 21.2. The first-order chi connectivity index (χ1) is 12.7. The average Bonchev–Trinajstić information content (AvgIpc) is 3.38. The van der Waals surface area contributed by atoms with E-state index in [0.717, 1.165) is 5.56 Å². The van der Waals surface area contributed by atoms with Crippen LogP contribution in [-0.2, 0) is 20.7 Å². The zero-order valence-electron chi connectivity index (χ0n) is 13.3. The number of nitrogens with one attached hydrogen (secondary N) is 1. The second-order valence-corrected chi connectivity index (χ2v) is 6.70. The number of hydrogen-bond acceptors (Lipinski definition) is 9. The van der Waals surface area contributed by atoms with Crippen LogP contribution in [0.5, 0.6) is 0 Å². The molecule has 10 heteroatoms. The lowest BCUT2D eigenvalue weighted by Crippen LogP contribution is -2.21. The molecule has 3 heterocycles. The summed E-state index contributed by atoms with van der Waals surface area (Å²) in [6.45, 7) is -0.425. The summed E-state index contributed by atoms with van der Waals surface area (Å²) in [6.07, 6.45) is 0.238. The van der Waals surface area contributed by atoms with Crippen molar-refractivity contribution in [1.29, 1.82) is 5.26 Å². The van der Waals surface area contributed by atoms with Crippen LogP contribution in [0.1, 0.15) is 17.9 Å². The minimum absolute atomic E-state index is 0.0149. The van der Waals surface area contributed by atoms with Crippen LogP contribution < -0.4 is 5.32 Å². The molecule has 0 saturated carbocycles. The molecule has 0 aliphatic heterocycles. The highest BCUT2D eigenvalue weighted by atomic mass is 32.1. The van der Waals surface area contributed by atoms with Gasteiger partial charge in [-0.3, -0.25) is 9.59 Å². The summed E-state index contributed by atoms with van der Waals surface area (Å²) in [6, 6.07) is 5.43. The SMILES string of the molecule is N#Cc1ccsc1NC(=O)COC(=O)CCc1nc(-c2ccsc2)no1. The van der Waals surface area contributed by atoms with Gasteiger partial charge in [-0.15, -0.1) is 11.3 Å². The molecule has 0 atom stereocenters. The number of rotatable bonds is 7. The van der Waals surface area contributed by atoms with Gasteiger partial charge in [0.1, 0.15) is 11.1 Å². The van der Waals surface area contributed by atoms with Crippen LogP contribution in [0, 0.1) is 11.3 Å². The first kappa shape index (κ1) is 17.8. The van der Waals surface area contributed by atoms with Crippen LogP contribution in [0.3, 0.4) is 0 Å². The molecule has 1 N–H and O–H groups in total. The van der Waals surface area contributed by atoms with Gasteiger partial charge in [0.25, 0.3) is 5.91 Å². The number of nitriles is 1. The van der Waals surface area contributed by atoms with E-state index >= 15 is 0 Å². The minimum Gasteiger partial charge on any atom is -0.456 e. The van der Waals surface area contributed by atoms with Crippen molar-refractivity contribution in [1.82, 2.24) is 10.1 Å². The smallest absolute Gasteiger partial charge is 0.306 e. The van der Waals surface area contributed by atoms with Crippen molar-refractivity contribution in [2.24, 2.45) is 0 Å². The molecule has 0 unspecified atom stereocenters. The number of esters is 1. The lowest BCUT2D eigenvalue weighted by Gasteiger charge is -2.04. The minimum atomic E-state index is -0.554. The van der Waals surface area contributed by atoms with Crippen LogP contribution in [0.2, 0.25) is 0 Å². The fraction of sp³-hybridized carbons (Fsp3) is 0.188. The number of anilines is 1. The maximum Gasteiger partial charge on any atom is 0.306 e. The fourth-order valence-corrected chi connectivity index (χ4v) is 3.34. The van der Waals surface area contributed by atoms with Gasteiger partial charge in [-0.25, -0.2) is 0 Å². The van der Waals surface area contributed by atoms with E-state index in [2.05, 4.69) is 15.5 Å². The molecule has 0 bridgehead atoms. The molecule has 3 aromatic heterocycles. The van der Waals surface area contributed by atoms with E-state index in [1.807, 2.05) is 22.9 Å². The first-order valence-corrected chi connectivity index (χ1v) is 9.26. The highest BCUT2D eigenvalue weighted by Gasteiger charge is 2.14. The Morgan fingerprint density at radius 1 is 1.35 bits per heavy atom. The third-order valence-electron chi connectivity index (χ3n) is 3.19. The van der Waals surface area contributed by atoms with Gasteiger partial charge in [0, 0.05) is 17.4 Å². The Morgan fingerprint density at radius 2 is 2.23 bits per heavy atom. The molecule has 0 aliphatic rings. The summed E-state index contributed by atoms with van der Waals surface area (Å²) in [4.78, 5) is 27.7. The van der Waals surface area contributed by atoms with Crippen LogP contribution in [0.4, 0.5) is 5.00 Å². The van der Waals surface area contributed by atoms with Gasteiger partial charge in [-0.05, 0) is 22.9 Å². The molecular formula is C16H12N4O4S2. The van der Waals surface area contributed by atoms with Gasteiger partial charge in [-0.1, -0.05) is 5.16 Å². The van der Waals surface area contributed by atoms with E-state index in [9.17, 15) is 9.59 Å². The van der Waals surface area contributed by atoms with Crippen molar-refractivity contribution < 1.29 is 18.8 Å². The molecule has 0 spiro atoms. The normalized spacial score (nSPS) is 10.3. The van der Waals surface area contributed by atoms with Crippen molar-refractivity contribution in [2.75, 3.05) is 11.9 Å². The van der Waals surface area contributed by atoms with Gasteiger partial charge in [0.2, 0.25) is 11.7 Å². The van der Waals surface area contributed by atoms with Crippen LogP contribution in [0.15, 0.2) is 32.8 Å². The monoisotopic (exact) mass is 388 g/mol. The van der Waals surface area contributed by atoms with Crippen molar-refractivity contribution >= 4 is 39.6 Å². The number of aromatic nitrogens is 2. The third-order valence-corrected chi connectivity index (χ3v) is 4.71. The maximum absolute atomic E-state index is 11.8. The number of amides is 1. The van der Waals surface area contributed by atoms with Crippen LogP contribution in [-0.4, -0.2) is 28.6 Å². The molecule has 0 aliphatic carbocycles. The van der Waals surface area contributed by atoms with E-state index in [-0.39, 0.29) is 12.8 Å². The lowest BCUT2D eigenvalue weighted by atomic mass is 10.3. The second kappa shape index (κ2) is 8.37. The van der Waals surface area contributed by atoms with E-state index < -0.39 is 18.5 Å². The predicted octanol–water partition coefficient (Wildman–Crippen LogP) is 2.85. The molecule has 0 aromatic carbocycles. The average molecular weight is 388 g/mol. The number of hydrogen-bond donors (Lipinski definition) is 1. The van der Waals surface area contributed by atoms with Crippen molar-refractivity contribution in [3.8, 4) is 17.5 Å². The molecule has 3 rings (SSSR count). The number of ether oxygens (including phenoxy) is 1. The number of nitrogens with zero attached hydrogens (tertiary/aromatic N) is 3. The highest BCUT2D eigenvalue weighted by Crippen LogP contribution is 2.22. The van der Waals surface area contributed by atoms with Gasteiger partial charge < -0.3 is 14.6 Å². The molecule has 3 aromatic rings. The van der Waals surface area contributed by atoms with Gasteiger partial charge in [0.15, 0.2) is 6.61 Å². The fourth-order valence-electron chi connectivity index (χ4n) is 1.95. The van der Waals surface area contributed by atoms with Crippen molar-refractivity contribution in [3.05, 3.63) is 39.7 Å². The standard InChI is InChI=1S/C16H12N4O4S2/c17-7-10-4-6-26-16(10)18-12(21)8-23-14(22)2-1-13-19-15(20-24-13)11-3-5-25-9-11/h3-6,9H,1-2,8H2,(H,18,21). The molecule has 26 heavy (non-hydrogen) atoms. The van der Waals surface area contributed by atoms with Crippen molar-refractivity contribution in [3.63, 3.8) is 0 Å². The Balaban J connectivity index is 1.42. The van der Waals surface area contributed by atoms with Crippen molar-refractivity contribution in [2.45, 2.75) is 12.8 Å². The van der Waals surface area contributed by atoms with E-state index in [1.54, 1.807) is 11.4 Å². The number of thiophene rings is 2. The quantitative estimate of drug-likeness (QED) is 0.618. The molecule has 8 nitrogen and oxygen atoms in total. The lowest BCUT2D eigenvalue weighted by molar-refractivity contribution is -0.147. The zero-order chi connectivity index (χ0) is 18.4. The topological polar surface area (TPSA) is 118 Å². The summed E-state index contributed by atoms with van der Waals surface area (Å²) < 4.78 is 10.00. The molecule has 132 valence electrons. The van der Waals surface area contributed by atoms with Gasteiger partial charge >= 0.3 is 5.97 Å². The Bertz CT molecular complexity index is 940. The number of carbonyl (C=O) groups is 2. The predicted molar refractivity (Wildman–Crippen MR) is 94.6 cm³/mol. The third kappa shape index (κ3) is 4.53. The Labute approximate surface area is 156 Å². The summed E-state index contributed by atoms with van der Waals surface area (Å²) >= 11 is 2.75. The van der Waals surface area contributed by atoms with Crippen LogP contribution >= 0.6 is 22.7 Å². The maximum atomic E-state index is 11.8. The Morgan fingerprint density at radius 3 is 3.00 bits per heavy atom. The molecule has 0 radical (unpaired) electrons. The second-order valence-electron chi connectivity index (χ2n) is 5.01. The number of carbonyl (C=O) groups excluding carboxylic acids is 2. The molecule has 1 amide bonds. The summed E-state index contributed by atoms with van der Waals surface area (Å²) in [5.74, 6) is -0.264. The first-order valence-electron chi connectivity index (χ1n) is 7.44. The van der Waals surface area contributed by atoms with E-state index in [0.29, 0.717) is 22.3 Å². The number of aryl methyl sites for hydroxylation is 1. The largest absolute Gasteiger partial charge is 0.456 e. The Hall–Kier alpha value is -3.03. The van der Waals surface area contributed by atoms with E-state index in [4.69, 9.17) is 14.5 Å². The molecule has 0 fully saturated rings.